The van der Waals surface area contributed by atoms with Gasteiger partial charge in [0, 0.05) is 6.54 Å². The van der Waals surface area contributed by atoms with Crippen molar-refractivity contribution >= 4 is 27.3 Å². The molecule has 0 radical (unpaired) electrons. The van der Waals surface area contributed by atoms with Crippen LogP contribution in [-0.4, -0.2) is 8.42 Å². The van der Waals surface area contributed by atoms with Crippen molar-refractivity contribution in [1.82, 2.24) is 0 Å². The maximum Gasteiger partial charge on any atom is 0.263 e. The summed E-state index contributed by atoms with van der Waals surface area (Å²) in [5.74, 6) is -0.533. The molecule has 0 bridgehead atoms. The summed E-state index contributed by atoms with van der Waals surface area (Å²) >= 11 is 5.94. The zero-order valence-electron chi connectivity index (χ0n) is 10.3. The van der Waals surface area contributed by atoms with Gasteiger partial charge in [-0.1, -0.05) is 23.7 Å². The molecular formula is C13H12ClFN2O2S. The van der Waals surface area contributed by atoms with Crippen molar-refractivity contribution in [3.63, 3.8) is 0 Å². The monoisotopic (exact) mass is 314 g/mol. The number of hydrogen-bond donors (Lipinski definition) is 2. The summed E-state index contributed by atoms with van der Waals surface area (Å²) in [6, 6.07) is 9.59. The van der Waals surface area contributed by atoms with Crippen LogP contribution in [0.5, 0.6) is 0 Å². The highest BCUT2D eigenvalue weighted by atomic mass is 35.5. The van der Waals surface area contributed by atoms with Crippen LogP contribution in [0.15, 0.2) is 47.4 Å². The summed E-state index contributed by atoms with van der Waals surface area (Å²) in [6.07, 6.45) is 0. The number of sulfonamides is 1. The average molecular weight is 315 g/mol. The molecular weight excluding hydrogens is 303 g/mol. The summed E-state index contributed by atoms with van der Waals surface area (Å²) < 4.78 is 39.7. The van der Waals surface area contributed by atoms with Crippen molar-refractivity contribution in [2.24, 2.45) is 5.73 Å². The highest BCUT2D eigenvalue weighted by Gasteiger charge is 2.18. The summed E-state index contributed by atoms with van der Waals surface area (Å²) in [4.78, 5) is -0.0828. The normalized spacial score (nSPS) is 11.3. The SMILES string of the molecule is NCc1ccc(S(=O)(=O)Nc2cccc(F)c2)c(Cl)c1. The quantitative estimate of drug-likeness (QED) is 0.911. The molecule has 0 heterocycles. The lowest BCUT2D eigenvalue weighted by atomic mass is 10.2. The summed E-state index contributed by atoms with van der Waals surface area (Å²) in [5.41, 5.74) is 6.30. The standard InChI is InChI=1S/C13H12ClFN2O2S/c14-12-6-9(8-16)4-5-13(12)20(18,19)17-11-3-1-2-10(15)7-11/h1-7,17H,8,16H2. The molecule has 2 aromatic carbocycles. The Balaban J connectivity index is 2.36. The van der Waals surface area contributed by atoms with E-state index in [4.69, 9.17) is 17.3 Å². The van der Waals surface area contributed by atoms with E-state index >= 15 is 0 Å². The van der Waals surface area contributed by atoms with Gasteiger partial charge in [-0.2, -0.15) is 0 Å². The molecule has 106 valence electrons. The zero-order valence-corrected chi connectivity index (χ0v) is 11.9. The zero-order chi connectivity index (χ0) is 14.8. The van der Waals surface area contributed by atoms with Crippen molar-refractivity contribution in [3.8, 4) is 0 Å². The Bertz CT molecular complexity index is 735. The van der Waals surface area contributed by atoms with E-state index in [9.17, 15) is 12.8 Å². The van der Waals surface area contributed by atoms with Crippen LogP contribution in [0.4, 0.5) is 10.1 Å². The topological polar surface area (TPSA) is 72.2 Å². The van der Waals surface area contributed by atoms with Crippen LogP contribution in [0.2, 0.25) is 5.02 Å². The van der Waals surface area contributed by atoms with Gasteiger partial charge in [-0.3, -0.25) is 4.72 Å². The van der Waals surface area contributed by atoms with Crippen molar-refractivity contribution in [2.75, 3.05) is 4.72 Å². The van der Waals surface area contributed by atoms with Crippen LogP contribution in [0.25, 0.3) is 0 Å². The predicted molar refractivity (Wildman–Crippen MR) is 76.6 cm³/mol. The molecule has 0 aliphatic heterocycles. The van der Waals surface area contributed by atoms with Crippen LogP contribution in [0.3, 0.4) is 0 Å². The maximum absolute atomic E-state index is 13.0. The van der Waals surface area contributed by atoms with Crippen LogP contribution in [0, 0.1) is 5.82 Å². The molecule has 0 aromatic heterocycles. The largest absolute Gasteiger partial charge is 0.326 e. The molecule has 2 aromatic rings. The van der Waals surface area contributed by atoms with Crippen molar-refractivity contribution in [1.29, 1.82) is 0 Å². The van der Waals surface area contributed by atoms with Gasteiger partial charge in [-0.25, -0.2) is 12.8 Å². The molecule has 3 N–H and O–H groups in total. The van der Waals surface area contributed by atoms with Crippen LogP contribution < -0.4 is 10.5 Å². The first kappa shape index (κ1) is 14.8. The predicted octanol–water partition coefficient (Wildman–Crippen LogP) is 2.74. The van der Waals surface area contributed by atoms with Crippen molar-refractivity contribution < 1.29 is 12.8 Å². The second-order valence-corrected chi connectivity index (χ2v) is 6.14. The van der Waals surface area contributed by atoms with E-state index < -0.39 is 15.8 Å². The summed E-state index contributed by atoms with van der Waals surface area (Å²) in [7, 11) is -3.88. The molecule has 4 nitrogen and oxygen atoms in total. The van der Waals surface area contributed by atoms with E-state index in [2.05, 4.69) is 4.72 Å². The fourth-order valence-electron chi connectivity index (χ4n) is 1.65. The molecule has 0 aliphatic rings. The van der Waals surface area contributed by atoms with Crippen molar-refractivity contribution in [2.45, 2.75) is 11.4 Å². The highest BCUT2D eigenvalue weighted by Crippen LogP contribution is 2.25. The third-order valence-electron chi connectivity index (χ3n) is 2.60. The van der Waals surface area contributed by atoms with E-state index in [0.717, 1.165) is 11.6 Å². The molecule has 20 heavy (non-hydrogen) atoms. The maximum atomic E-state index is 13.0. The fourth-order valence-corrected chi connectivity index (χ4v) is 3.27. The Hall–Kier alpha value is -1.63. The fraction of sp³-hybridized carbons (Fsp3) is 0.0769. The molecule has 0 saturated carbocycles. The van der Waals surface area contributed by atoms with E-state index in [1.807, 2.05) is 0 Å². The second kappa shape index (κ2) is 5.78. The lowest BCUT2D eigenvalue weighted by molar-refractivity contribution is 0.601. The minimum absolute atomic E-state index is 0.0665. The Labute approximate surface area is 121 Å². The van der Waals surface area contributed by atoms with Crippen LogP contribution >= 0.6 is 11.6 Å². The van der Waals surface area contributed by atoms with Gasteiger partial charge < -0.3 is 5.73 Å². The van der Waals surface area contributed by atoms with Gasteiger partial charge in [0.05, 0.1) is 10.7 Å². The van der Waals surface area contributed by atoms with Gasteiger partial charge in [0.25, 0.3) is 10.0 Å². The lowest BCUT2D eigenvalue weighted by Crippen LogP contribution is -2.14. The van der Waals surface area contributed by atoms with Gasteiger partial charge in [-0.05, 0) is 35.9 Å². The third-order valence-corrected chi connectivity index (χ3v) is 4.46. The Morgan fingerprint density at radius 3 is 2.55 bits per heavy atom. The molecule has 0 fully saturated rings. The Kier molecular flexibility index (Phi) is 4.27. The number of benzene rings is 2. The molecule has 0 saturated heterocycles. The average Bonchev–Trinajstić information content (AvgIpc) is 2.37. The first-order chi connectivity index (χ1) is 9.42. The van der Waals surface area contributed by atoms with E-state index in [0.29, 0.717) is 0 Å². The van der Waals surface area contributed by atoms with Gasteiger partial charge in [0.15, 0.2) is 0 Å². The van der Waals surface area contributed by atoms with Gasteiger partial charge in [-0.15, -0.1) is 0 Å². The smallest absolute Gasteiger partial charge is 0.263 e. The summed E-state index contributed by atoms with van der Waals surface area (Å²) in [5, 5.41) is 0.0665. The number of anilines is 1. The van der Waals surface area contributed by atoms with E-state index in [1.165, 1.54) is 30.3 Å². The third kappa shape index (κ3) is 3.27. The van der Waals surface area contributed by atoms with Crippen LogP contribution in [0.1, 0.15) is 5.56 Å². The Morgan fingerprint density at radius 1 is 1.20 bits per heavy atom. The molecule has 0 spiro atoms. The lowest BCUT2D eigenvalue weighted by Gasteiger charge is -2.10. The van der Waals surface area contributed by atoms with E-state index in [1.54, 1.807) is 6.07 Å². The van der Waals surface area contributed by atoms with Crippen LogP contribution in [-0.2, 0) is 16.6 Å². The number of nitrogens with two attached hydrogens (primary N) is 1. The number of rotatable bonds is 4. The number of hydrogen-bond acceptors (Lipinski definition) is 3. The minimum atomic E-state index is -3.88. The highest BCUT2D eigenvalue weighted by molar-refractivity contribution is 7.92. The molecule has 0 unspecified atom stereocenters. The molecule has 0 aliphatic carbocycles. The Morgan fingerprint density at radius 2 is 1.95 bits per heavy atom. The number of halogens is 2. The second-order valence-electron chi connectivity index (χ2n) is 4.08. The number of nitrogens with one attached hydrogen (secondary N) is 1. The first-order valence-corrected chi connectivity index (χ1v) is 7.55. The van der Waals surface area contributed by atoms with E-state index in [-0.39, 0.29) is 22.2 Å². The van der Waals surface area contributed by atoms with Gasteiger partial charge in [0.1, 0.15) is 10.7 Å². The first-order valence-electron chi connectivity index (χ1n) is 5.69. The van der Waals surface area contributed by atoms with Gasteiger partial charge >= 0.3 is 0 Å². The minimum Gasteiger partial charge on any atom is -0.326 e. The molecule has 0 atom stereocenters. The molecule has 7 heteroatoms. The van der Waals surface area contributed by atoms with Crippen molar-refractivity contribution in [3.05, 3.63) is 58.9 Å². The molecule has 0 amide bonds. The van der Waals surface area contributed by atoms with Gasteiger partial charge in [0.2, 0.25) is 0 Å². The molecule has 2 rings (SSSR count). The summed E-state index contributed by atoms with van der Waals surface area (Å²) in [6.45, 7) is 0.261.